The van der Waals surface area contributed by atoms with E-state index in [1.807, 2.05) is 0 Å². The summed E-state index contributed by atoms with van der Waals surface area (Å²) < 4.78 is 14.4. The van der Waals surface area contributed by atoms with Crippen LogP contribution in [0.15, 0.2) is 24.4 Å². The van der Waals surface area contributed by atoms with Gasteiger partial charge >= 0.3 is 0 Å². The SMILES string of the molecule is Cc1cc(F)ccc1C(O)c1cnnn1C. The van der Waals surface area contributed by atoms with E-state index in [9.17, 15) is 9.50 Å². The van der Waals surface area contributed by atoms with Crippen LogP contribution in [0.5, 0.6) is 0 Å². The van der Waals surface area contributed by atoms with Crippen LogP contribution in [0.2, 0.25) is 0 Å². The highest BCUT2D eigenvalue weighted by molar-refractivity contribution is 5.32. The van der Waals surface area contributed by atoms with Crippen LogP contribution in [-0.2, 0) is 7.05 Å². The van der Waals surface area contributed by atoms with Gasteiger partial charge in [-0.3, -0.25) is 0 Å². The van der Waals surface area contributed by atoms with Crippen molar-refractivity contribution in [2.75, 3.05) is 0 Å². The van der Waals surface area contributed by atoms with E-state index in [0.717, 1.165) is 0 Å². The Labute approximate surface area is 92.3 Å². The Morgan fingerprint density at radius 1 is 1.44 bits per heavy atom. The quantitative estimate of drug-likeness (QED) is 0.832. The van der Waals surface area contributed by atoms with Gasteiger partial charge in [0.2, 0.25) is 0 Å². The van der Waals surface area contributed by atoms with Crippen LogP contribution in [0.3, 0.4) is 0 Å². The summed E-state index contributed by atoms with van der Waals surface area (Å²) in [5.74, 6) is -0.309. The number of aryl methyl sites for hydroxylation is 2. The van der Waals surface area contributed by atoms with Gasteiger partial charge < -0.3 is 5.11 Å². The van der Waals surface area contributed by atoms with Gasteiger partial charge in [0.05, 0.1) is 11.9 Å². The van der Waals surface area contributed by atoms with Crippen LogP contribution in [-0.4, -0.2) is 20.1 Å². The number of aromatic nitrogens is 3. The fourth-order valence-corrected chi connectivity index (χ4v) is 1.65. The molecular weight excluding hydrogens is 209 g/mol. The molecule has 84 valence electrons. The lowest BCUT2D eigenvalue weighted by Gasteiger charge is -2.13. The summed E-state index contributed by atoms with van der Waals surface area (Å²) in [4.78, 5) is 0. The molecule has 16 heavy (non-hydrogen) atoms. The molecule has 1 aromatic carbocycles. The van der Waals surface area contributed by atoms with Gasteiger partial charge in [-0.15, -0.1) is 5.10 Å². The molecule has 0 aliphatic rings. The number of benzene rings is 1. The lowest BCUT2D eigenvalue weighted by atomic mass is 10.0. The molecule has 0 saturated heterocycles. The molecule has 2 rings (SSSR count). The Balaban J connectivity index is 2.41. The van der Waals surface area contributed by atoms with E-state index in [1.165, 1.54) is 23.0 Å². The lowest BCUT2D eigenvalue weighted by molar-refractivity contribution is 0.209. The highest BCUT2D eigenvalue weighted by Crippen LogP contribution is 2.24. The summed E-state index contributed by atoms with van der Waals surface area (Å²) in [5, 5.41) is 17.5. The molecule has 0 aliphatic heterocycles. The van der Waals surface area contributed by atoms with Crippen molar-refractivity contribution in [1.82, 2.24) is 15.0 Å². The summed E-state index contributed by atoms with van der Waals surface area (Å²) in [5.41, 5.74) is 1.94. The van der Waals surface area contributed by atoms with Crippen LogP contribution >= 0.6 is 0 Å². The van der Waals surface area contributed by atoms with Crippen LogP contribution in [0.25, 0.3) is 0 Å². The van der Waals surface area contributed by atoms with Crippen molar-refractivity contribution in [3.63, 3.8) is 0 Å². The average molecular weight is 221 g/mol. The normalized spacial score (nSPS) is 12.8. The van der Waals surface area contributed by atoms with E-state index in [1.54, 1.807) is 20.0 Å². The third-order valence-electron chi connectivity index (χ3n) is 2.56. The number of nitrogens with zero attached hydrogens (tertiary/aromatic N) is 3. The number of hydrogen-bond acceptors (Lipinski definition) is 3. The molecule has 5 heteroatoms. The molecule has 1 atom stereocenters. The summed E-state index contributed by atoms with van der Waals surface area (Å²) in [6.45, 7) is 1.76. The zero-order chi connectivity index (χ0) is 11.7. The van der Waals surface area contributed by atoms with E-state index < -0.39 is 6.10 Å². The van der Waals surface area contributed by atoms with Crippen molar-refractivity contribution < 1.29 is 9.50 Å². The minimum absolute atomic E-state index is 0.309. The number of aliphatic hydroxyl groups excluding tert-OH is 1. The second kappa shape index (κ2) is 4.02. The Bertz CT molecular complexity index is 510. The van der Waals surface area contributed by atoms with E-state index in [-0.39, 0.29) is 5.82 Å². The number of rotatable bonds is 2. The predicted octanol–water partition coefficient (Wildman–Crippen LogP) is 1.34. The van der Waals surface area contributed by atoms with Crippen LogP contribution < -0.4 is 0 Å². The van der Waals surface area contributed by atoms with Crippen molar-refractivity contribution in [1.29, 1.82) is 0 Å². The van der Waals surface area contributed by atoms with Crippen molar-refractivity contribution >= 4 is 0 Å². The van der Waals surface area contributed by atoms with E-state index >= 15 is 0 Å². The van der Waals surface area contributed by atoms with E-state index in [2.05, 4.69) is 10.3 Å². The molecule has 2 aromatic rings. The van der Waals surface area contributed by atoms with Gasteiger partial charge in [-0.1, -0.05) is 11.3 Å². The maximum Gasteiger partial charge on any atom is 0.123 e. The van der Waals surface area contributed by atoms with Crippen LogP contribution in [0, 0.1) is 12.7 Å². The second-order valence-corrected chi connectivity index (χ2v) is 3.69. The average Bonchev–Trinajstić information content (AvgIpc) is 2.63. The first-order valence-corrected chi connectivity index (χ1v) is 4.88. The van der Waals surface area contributed by atoms with Gasteiger partial charge in [0.25, 0.3) is 0 Å². The minimum Gasteiger partial charge on any atom is -0.382 e. The topological polar surface area (TPSA) is 50.9 Å². The Kier molecular flexibility index (Phi) is 2.70. The van der Waals surface area contributed by atoms with Gasteiger partial charge in [-0.05, 0) is 30.2 Å². The standard InChI is InChI=1S/C11H12FN3O/c1-7-5-8(12)3-4-9(7)11(16)10-6-13-14-15(10)2/h3-6,11,16H,1-2H3. The molecule has 0 aliphatic carbocycles. The smallest absolute Gasteiger partial charge is 0.123 e. The molecule has 1 heterocycles. The molecule has 0 fully saturated rings. The summed E-state index contributed by atoms with van der Waals surface area (Å²) in [6, 6.07) is 4.29. The maximum atomic E-state index is 12.9. The Morgan fingerprint density at radius 3 is 2.75 bits per heavy atom. The largest absolute Gasteiger partial charge is 0.382 e. The van der Waals surface area contributed by atoms with Gasteiger partial charge in [0, 0.05) is 7.05 Å². The first-order valence-electron chi connectivity index (χ1n) is 4.88. The van der Waals surface area contributed by atoms with Crippen molar-refractivity contribution in [3.05, 3.63) is 47.0 Å². The van der Waals surface area contributed by atoms with Crippen molar-refractivity contribution in [3.8, 4) is 0 Å². The van der Waals surface area contributed by atoms with E-state index in [0.29, 0.717) is 16.8 Å². The van der Waals surface area contributed by atoms with Gasteiger partial charge in [0.15, 0.2) is 0 Å². The molecule has 1 aromatic heterocycles. The van der Waals surface area contributed by atoms with Crippen LogP contribution in [0.4, 0.5) is 4.39 Å². The second-order valence-electron chi connectivity index (χ2n) is 3.69. The predicted molar refractivity (Wildman–Crippen MR) is 56.2 cm³/mol. The fraction of sp³-hybridized carbons (Fsp3) is 0.273. The third kappa shape index (κ3) is 1.81. The molecule has 0 radical (unpaired) electrons. The monoisotopic (exact) mass is 221 g/mol. The molecule has 0 amide bonds. The first-order chi connectivity index (χ1) is 7.59. The molecule has 1 N–H and O–H groups in total. The van der Waals surface area contributed by atoms with Gasteiger partial charge in [0.1, 0.15) is 11.9 Å². The maximum absolute atomic E-state index is 12.9. The number of hydrogen-bond donors (Lipinski definition) is 1. The van der Waals surface area contributed by atoms with Crippen LogP contribution in [0.1, 0.15) is 22.9 Å². The van der Waals surface area contributed by atoms with Crippen molar-refractivity contribution in [2.45, 2.75) is 13.0 Å². The molecule has 0 bridgehead atoms. The number of halogens is 1. The zero-order valence-corrected chi connectivity index (χ0v) is 9.05. The van der Waals surface area contributed by atoms with E-state index in [4.69, 9.17) is 0 Å². The third-order valence-corrected chi connectivity index (χ3v) is 2.56. The Hall–Kier alpha value is -1.75. The minimum atomic E-state index is -0.833. The molecule has 0 saturated carbocycles. The van der Waals surface area contributed by atoms with Gasteiger partial charge in [-0.25, -0.2) is 9.07 Å². The van der Waals surface area contributed by atoms with Gasteiger partial charge in [-0.2, -0.15) is 0 Å². The summed E-state index contributed by atoms with van der Waals surface area (Å²) in [6.07, 6.45) is 0.661. The van der Waals surface area contributed by atoms with Crippen molar-refractivity contribution in [2.24, 2.45) is 7.05 Å². The highest BCUT2D eigenvalue weighted by Gasteiger charge is 2.16. The highest BCUT2D eigenvalue weighted by atomic mass is 19.1. The zero-order valence-electron chi connectivity index (χ0n) is 9.05. The molecular formula is C11H12FN3O. The molecule has 1 unspecified atom stereocenters. The summed E-state index contributed by atoms with van der Waals surface area (Å²) >= 11 is 0. The fourth-order valence-electron chi connectivity index (χ4n) is 1.65. The molecule has 0 spiro atoms. The Morgan fingerprint density at radius 2 is 2.19 bits per heavy atom. The molecule has 4 nitrogen and oxygen atoms in total. The summed E-state index contributed by atoms with van der Waals surface area (Å²) in [7, 11) is 1.70. The lowest BCUT2D eigenvalue weighted by Crippen LogP contribution is -2.08. The first kappa shape index (κ1) is 10.8. The number of aliphatic hydroxyl groups is 1.